The van der Waals surface area contributed by atoms with E-state index in [1.165, 1.54) is 0 Å². The van der Waals surface area contributed by atoms with Crippen LogP contribution in [0, 0.1) is 0 Å². The van der Waals surface area contributed by atoms with Crippen molar-refractivity contribution in [1.82, 2.24) is 10.6 Å². The van der Waals surface area contributed by atoms with Crippen molar-refractivity contribution in [3.63, 3.8) is 0 Å². The first kappa shape index (κ1) is 12.0. The molecule has 0 aromatic heterocycles. The highest BCUT2D eigenvalue weighted by atomic mass is 16.3. The van der Waals surface area contributed by atoms with E-state index in [-0.39, 0.29) is 24.7 Å². The lowest BCUT2D eigenvalue weighted by Crippen LogP contribution is -2.47. The second-order valence-electron chi connectivity index (χ2n) is 3.89. The lowest BCUT2D eigenvalue weighted by Gasteiger charge is -2.21. The Labute approximate surface area is 90.7 Å². The second kappa shape index (κ2) is 6.45. The molecule has 15 heavy (non-hydrogen) atoms. The molecule has 4 heteroatoms. The van der Waals surface area contributed by atoms with Crippen LogP contribution < -0.4 is 10.6 Å². The summed E-state index contributed by atoms with van der Waals surface area (Å²) in [5, 5.41) is 14.6. The molecule has 1 rings (SSSR count). The number of carbonyl (C=O) groups is 1. The first-order valence-electron chi connectivity index (χ1n) is 5.59. The molecule has 4 nitrogen and oxygen atoms in total. The summed E-state index contributed by atoms with van der Waals surface area (Å²) in [6.45, 7) is 1.93. The highest BCUT2D eigenvalue weighted by Crippen LogP contribution is 2.10. The Bertz CT molecular complexity index is 225. The van der Waals surface area contributed by atoms with Crippen LogP contribution in [0.15, 0.2) is 12.2 Å². The van der Waals surface area contributed by atoms with Crippen molar-refractivity contribution in [1.29, 1.82) is 0 Å². The molecule has 0 aliphatic heterocycles. The van der Waals surface area contributed by atoms with Crippen molar-refractivity contribution < 1.29 is 9.90 Å². The summed E-state index contributed by atoms with van der Waals surface area (Å²) in [4.78, 5) is 11.5. The Morgan fingerprint density at radius 2 is 2.40 bits per heavy atom. The topological polar surface area (TPSA) is 61.4 Å². The van der Waals surface area contributed by atoms with Gasteiger partial charge in [-0.2, -0.15) is 0 Å². The van der Waals surface area contributed by atoms with Crippen LogP contribution >= 0.6 is 0 Å². The van der Waals surface area contributed by atoms with Gasteiger partial charge in [0.1, 0.15) is 0 Å². The number of nitrogens with one attached hydrogen (secondary N) is 2. The predicted molar refractivity (Wildman–Crippen MR) is 59.6 cm³/mol. The van der Waals surface area contributed by atoms with E-state index in [1.807, 2.05) is 6.92 Å². The summed E-state index contributed by atoms with van der Waals surface area (Å²) in [7, 11) is 0. The lowest BCUT2D eigenvalue weighted by atomic mass is 10.0. The maximum atomic E-state index is 11.5. The third-order valence-corrected chi connectivity index (χ3v) is 2.65. The van der Waals surface area contributed by atoms with Gasteiger partial charge in [0.05, 0.1) is 12.6 Å². The third-order valence-electron chi connectivity index (χ3n) is 2.65. The van der Waals surface area contributed by atoms with Crippen LogP contribution in [-0.4, -0.2) is 29.8 Å². The highest BCUT2D eigenvalue weighted by molar-refractivity contribution is 5.74. The molecule has 1 aliphatic carbocycles. The summed E-state index contributed by atoms with van der Waals surface area (Å²) in [5.74, 6) is 0. The van der Waals surface area contributed by atoms with E-state index in [0.717, 1.165) is 25.7 Å². The first-order chi connectivity index (χ1) is 7.26. The van der Waals surface area contributed by atoms with E-state index < -0.39 is 0 Å². The van der Waals surface area contributed by atoms with Crippen molar-refractivity contribution in [2.24, 2.45) is 0 Å². The van der Waals surface area contributed by atoms with Crippen LogP contribution in [0.3, 0.4) is 0 Å². The van der Waals surface area contributed by atoms with Crippen molar-refractivity contribution in [2.45, 2.75) is 44.7 Å². The first-order valence-corrected chi connectivity index (χ1v) is 5.59. The Balaban J connectivity index is 2.25. The number of rotatable bonds is 4. The number of allylic oxidation sites excluding steroid dienone is 1. The van der Waals surface area contributed by atoms with Gasteiger partial charge in [-0.25, -0.2) is 4.79 Å². The van der Waals surface area contributed by atoms with Crippen LogP contribution in [-0.2, 0) is 0 Å². The maximum absolute atomic E-state index is 11.5. The molecule has 0 spiro atoms. The zero-order chi connectivity index (χ0) is 11.1. The molecule has 0 unspecified atom stereocenters. The molecule has 0 aromatic rings. The molecule has 2 atom stereocenters. The van der Waals surface area contributed by atoms with Gasteiger partial charge in [0, 0.05) is 6.04 Å². The molecule has 0 heterocycles. The number of hydrogen-bond donors (Lipinski definition) is 3. The van der Waals surface area contributed by atoms with Gasteiger partial charge < -0.3 is 15.7 Å². The summed E-state index contributed by atoms with van der Waals surface area (Å²) in [5.41, 5.74) is 0. The number of hydrogen-bond acceptors (Lipinski definition) is 2. The fraction of sp³-hybridized carbons (Fsp3) is 0.727. The molecule has 0 saturated carbocycles. The van der Waals surface area contributed by atoms with Gasteiger partial charge >= 0.3 is 6.03 Å². The molecule has 0 fully saturated rings. The van der Waals surface area contributed by atoms with E-state index in [4.69, 9.17) is 5.11 Å². The zero-order valence-corrected chi connectivity index (χ0v) is 9.20. The molecular weight excluding hydrogens is 192 g/mol. The van der Waals surface area contributed by atoms with Crippen molar-refractivity contribution in [2.75, 3.05) is 6.61 Å². The molecule has 0 saturated heterocycles. The van der Waals surface area contributed by atoms with E-state index in [2.05, 4.69) is 22.8 Å². The van der Waals surface area contributed by atoms with E-state index in [0.29, 0.717) is 0 Å². The predicted octanol–water partition coefficient (Wildman–Crippen LogP) is 1.17. The number of aliphatic hydroxyl groups is 1. The van der Waals surface area contributed by atoms with E-state index >= 15 is 0 Å². The number of carbonyl (C=O) groups excluding carboxylic acids is 1. The Kier molecular flexibility index (Phi) is 5.18. The summed E-state index contributed by atoms with van der Waals surface area (Å²) >= 11 is 0. The van der Waals surface area contributed by atoms with Gasteiger partial charge in [0.25, 0.3) is 0 Å². The number of amides is 2. The third kappa shape index (κ3) is 4.34. The smallest absolute Gasteiger partial charge is 0.315 e. The molecule has 86 valence electrons. The van der Waals surface area contributed by atoms with Gasteiger partial charge in [-0.15, -0.1) is 0 Å². The van der Waals surface area contributed by atoms with Crippen LogP contribution in [0.25, 0.3) is 0 Å². The second-order valence-corrected chi connectivity index (χ2v) is 3.89. The minimum Gasteiger partial charge on any atom is -0.394 e. The van der Waals surface area contributed by atoms with Crippen molar-refractivity contribution >= 4 is 6.03 Å². The molecule has 2 amide bonds. The average Bonchev–Trinajstić information content (AvgIpc) is 2.27. The van der Waals surface area contributed by atoms with Crippen molar-refractivity contribution in [3.05, 3.63) is 12.2 Å². The highest BCUT2D eigenvalue weighted by Gasteiger charge is 2.14. The van der Waals surface area contributed by atoms with Gasteiger partial charge in [-0.1, -0.05) is 19.1 Å². The monoisotopic (exact) mass is 212 g/mol. The minimum atomic E-state index is -0.170. The number of aliphatic hydroxyl groups excluding tert-OH is 1. The maximum Gasteiger partial charge on any atom is 0.315 e. The van der Waals surface area contributed by atoms with Crippen LogP contribution in [0.1, 0.15) is 32.6 Å². The fourth-order valence-electron chi connectivity index (χ4n) is 1.61. The van der Waals surface area contributed by atoms with E-state index in [9.17, 15) is 4.79 Å². The van der Waals surface area contributed by atoms with E-state index in [1.54, 1.807) is 0 Å². The molecule has 0 aromatic carbocycles. The molecule has 0 bridgehead atoms. The fourth-order valence-corrected chi connectivity index (χ4v) is 1.61. The van der Waals surface area contributed by atoms with Crippen LogP contribution in [0.5, 0.6) is 0 Å². The summed E-state index contributed by atoms with van der Waals surface area (Å²) in [6, 6.07) is -0.0634. The van der Waals surface area contributed by atoms with Gasteiger partial charge in [-0.05, 0) is 25.7 Å². The number of urea groups is 1. The molecule has 0 radical (unpaired) electrons. The van der Waals surface area contributed by atoms with Crippen LogP contribution in [0.2, 0.25) is 0 Å². The molecular formula is C11H20N2O2. The normalized spacial score (nSPS) is 22.1. The molecule has 3 N–H and O–H groups in total. The standard InChI is InChI=1S/C11H20N2O2/c1-2-9(8-14)12-11(15)13-10-6-4-3-5-7-10/h3-4,9-10,14H,2,5-8H2,1H3,(H2,12,13,15)/t9-,10+/m0/s1. The largest absolute Gasteiger partial charge is 0.394 e. The summed E-state index contributed by atoms with van der Waals surface area (Å²) < 4.78 is 0. The molecule has 1 aliphatic rings. The van der Waals surface area contributed by atoms with Gasteiger partial charge in [0.2, 0.25) is 0 Å². The SMILES string of the molecule is CC[C@@H](CO)NC(=O)N[C@@H]1CC=CCC1. The van der Waals surface area contributed by atoms with Crippen molar-refractivity contribution in [3.8, 4) is 0 Å². The van der Waals surface area contributed by atoms with Gasteiger partial charge in [0.15, 0.2) is 0 Å². The quantitative estimate of drug-likeness (QED) is 0.612. The Morgan fingerprint density at radius 1 is 1.60 bits per heavy atom. The summed E-state index contributed by atoms with van der Waals surface area (Å²) in [6.07, 6.45) is 7.91. The average molecular weight is 212 g/mol. The lowest BCUT2D eigenvalue weighted by molar-refractivity contribution is 0.211. The van der Waals surface area contributed by atoms with Gasteiger partial charge in [-0.3, -0.25) is 0 Å². The zero-order valence-electron chi connectivity index (χ0n) is 9.20. The Hall–Kier alpha value is -1.03. The van der Waals surface area contributed by atoms with Crippen LogP contribution in [0.4, 0.5) is 4.79 Å². The Morgan fingerprint density at radius 3 is 2.93 bits per heavy atom. The minimum absolute atomic E-state index is 0.00547.